The lowest BCUT2D eigenvalue weighted by Gasteiger charge is -2.35. The Bertz CT molecular complexity index is 579. The van der Waals surface area contributed by atoms with E-state index in [4.69, 9.17) is 11.6 Å². The molecule has 0 bridgehead atoms. The number of nitrogens with one attached hydrogen (secondary N) is 1. The van der Waals surface area contributed by atoms with Crippen LogP contribution in [0.25, 0.3) is 0 Å². The molecule has 0 saturated carbocycles. The summed E-state index contributed by atoms with van der Waals surface area (Å²) in [6.45, 7) is 3.39. The van der Waals surface area contributed by atoms with Crippen molar-refractivity contribution in [3.8, 4) is 0 Å². The molecular weight excluding hydrogens is 314 g/mol. The molecule has 2 amide bonds. The van der Waals surface area contributed by atoms with Crippen molar-refractivity contribution in [3.05, 3.63) is 34.9 Å². The summed E-state index contributed by atoms with van der Waals surface area (Å²) in [5.41, 5.74) is 0.604. The van der Waals surface area contributed by atoms with Gasteiger partial charge in [0.15, 0.2) is 0 Å². The zero-order valence-electron chi connectivity index (χ0n) is 13.1. The van der Waals surface area contributed by atoms with Crippen molar-refractivity contribution >= 4 is 23.4 Å². The number of rotatable bonds is 3. The van der Waals surface area contributed by atoms with Crippen molar-refractivity contribution in [2.45, 2.75) is 25.3 Å². The minimum absolute atomic E-state index is 0.0166. The molecule has 23 heavy (non-hydrogen) atoms. The molecule has 6 heteroatoms. The molecule has 3 rings (SSSR count). The predicted molar refractivity (Wildman–Crippen MR) is 89.6 cm³/mol. The SMILES string of the molecule is O=C(CC1CCCN1)N1CCN(C(=O)c2cccc(Cl)c2)CC1. The maximum atomic E-state index is 12.5. The quantitative estimate of drug-likeness (QED) is 0.916. The molecule has 1 N–H and O–H groups in total. The molecule has 0 spiro atoms. The molecule has 2 aliphatic rings. The standard InChI is InChI=1S/C17H22ClN3O2/c18-14-4-1-3-13(11-14)17(23)21-9-7-20(8-10-21)16(22)12-15-5-2-6-19-15/h1,3-4,11,15,19H,2,5-10,12H2. The van der Waals surface area contributed by atoms with Crippen molar-refractivity contribution < 1.29 is 9.59 Å². The summed E-state index contributed by atoms with van der Waals surface area (Å²) in [6.07, 6.45) is 2.81. The average molecular weight is 336 g/mol. The fourth-order valence-corrected chi connectivity index (χ4v) is 3.42. The Morgan fingerprint density at radius 2 is 1.91 bits per heavy atom. The number of nitrogens with zero attached hydrogens (tertiary/aromatic N) is 2. The molecule has 2 aliphatic heterocycles. The molecule has 0 aliphatic carbocycles. The van der Waals surface area contributed by atoms with E-state index in [2.05, 4.69) is 5.32 Å². The molecule has 2 saturated heterocycles. The highest BCUT2D eigenvalue weighted by molar-refractivity contribution is 6.30. The van der Waals surface area contributed by atoms with Gasteiger partial charge >= 0.3 is 0 Å². The van der Waals surface area contributed by atoms with Gasteiger partial charge in [-0.2, -0.15) is 0 Å². The van der Waals surface area contributed by atoms with E-state index >= 15 is 0 Å². The third kappa shape index (κ3) is 4.03. The summed E-state index contributed by atoms with van der Waals surface area (Å²) in [5, 5.41) is 3.92. The Labute approximate surface area is 141 Å². The van der Waals surface area contributed by atoms with Gasteiger partial charge < -0.3 is 15.1 Å². The van der Waals surface area contributed by atoms with Gasteiger partial charge in [0.05, 0.1) is 0 Å². The van der Waals surface area contributed by atoms with Crippen LogP contribution < -0.4 is 5.32 Å². The topological polar surface area (TPSA) is 52.7 Å². The fourth-order valence-electron chi connectivity index (χ4n) is 3.23. The second-order valence-corrected chi connectivity index (χ2v) is 6.62. The number of piperazine rings is 1. The monoisotopic (exact) mass is 335 g/mol. The van der Waals surface area contributed by atoms with E-state index in [0.29, 0.717) is 49.2 Å². The van der Waals surface area contributed by atoms with Crippen LogP contribution in [0.4, 0.5) is 0 Å². The lowest BCUT2D eigenvalue weighted by atomic mass is 10.1. The van der Waals surface area contributed by atoms with E-state index in [-0.39, 0.29) is 11.8 Å². The van der Waals surface area contributed by atoms with Crippen LogP contribution in [0.15, 0.2) is 24.3 Å². The molecule has 1 aromatic rings. The number of amides is 2. The summed E-state index contributed by atoms with van der Waals surface area (Å²) in [4.78, 5) is 28.4. The highest BCUT2D eigenvalue weighted by Crippen LogP contribution is 2.15. The Morgan fingerprint density at radius 3 is 2.57 bits per heavy atom. The molecular formula is C17H22ClN3O2. The van der Waals surface area contributed by atoms with Crippen LogP contribution in [0.2, 0.25) is 5.02 Å². The van der Waals surface area contributed by atoms with Crippen LogP contribution in [0, 0.1) is 0 Å². The van der Waals surface area contributed by atoms with E-state index in [1.807, 2.05) is 4.90 Å². The average Bonchev–Trinajstić information content (AvgIpc) is 3.07. The lowest BCUT2D eigenvalue weighted by molar-refractivity contribution is -0.133. The number of hydrogen-bond acceptors (Lipinski definition) is 3. The van der Waals surface area contributed by atoms with Crippen LogP contribution in [0.1, 0.15) is 29.6 Å². The first-order valence-corrected chi connectivity index (χ1v) is 8.57. The first-order chi connectivity index (χ1) is 11.1. The second kappa shape index (κ2) is 7.32. The number of carbonyl (C=O) groups excluding carboxylic acids is 2. The van der Waals surface area contributed by atoms with Crippen molar-refractivity contribution in [2.24, 2.45) is 0 Å². The first-order valence-electron chi connectivity index (χ1n) is 8.19. The fraction of sp³-hybridized carbons (Fsp3) is 0.529. The molecule has 1 atom stereocenters. The van der Waals surface area contributed by atoms with Gasteiger partial charge in [-0.15, -0.1) is 0 Å². The first kappa shape index (κ1) is 16.3. The molecule has 1 unspecified atom stereocenters. The lowest BCUT2D eigenvalue weighted by Crippen LogP contribution is -2.51. The Kier molecular flexibility index (Phi) is 5.18. The minimum Gasteiger partial charge on any atom is -0.339 e. The smallest absolute Gasteiger partial charge is 0.254 e. The maximum absolute atomic E-state index is 12.5. The highest BCUT2D eigenvalue weighted by Gasteiger charge is 2.27. The van der Waals surface area contributed by atoms with E-state index < -0.39 is 0 Å². The molecule has 0 radical (unpaired) electrons. The van der Waals surface area contributed by atoms with Gasteiger partial charge in [0.1, 0.15) is 0 Å². The number of benzene rings is 1. The van der Waals surface area contributed by atoms with Gasteiger partial charge in [0.2, 0.25) is 5.91 Å². The molecule has 0 aromatic heterocycles. The van der Waals surface area contributed by atoms with Gasteiger partial charge in [0.25, 0.3) is 5.91 Å². The molecule has 5 nitrogen and oxygen atoms in total. The van der Waals surface area contributed by atoms with E-state index in [0.717, 1.165) is 19.4 Å². The third-order valence-corrected chi connectivity index (χ3v) is 4.81. The number of hydrogen-bond donors (Lipinski definition) is 1. The molecule has 124 valence electrons. The number of halogens is 1. The van der Waals surface area contributed by atoms with E-state index in [1.165, 1.54) is 0 Å². The van der Waals surface area contributed by atoms with E-state index in [9.17, 15) is 9.59 Å². The minimum atomic E-state index is -0.0166. The zero-order valence-corrected chi connectivity index (χ0v) is 13.9. The van der Waals surface area contributed by atoms with Crippen LogP contribution in [0.3, 0.4) is 0 Å². The van der Waals surface area contributed by atoms with E-state index in [1.54, 1.807) is 29.2 Å². The van der Waals surface area contributed by atoms with Gasteiger partial charge in [-0.1, -0.05) is 17.7 Å². The second-order valence-electron chi connectivity index (χ2n) is 6.18. The van der Waals surface area contributed by atoms with Crippen molar-refractivity contribution in [2.75, 3.05) is 32.7 Å². The molecule has 2 heterocycles. The normalized spacial score (nSPS) is 21.5. The van der Waals surface area contributed by atoms with Crippen molar-refractivity contribution in [1.82, 2.24) is 15.1 Å². The van der Waals surface area contributed by atoms with Crippen LogP contribution in [0.5, 0.6) is 0 Å². The highest BCUT2D eigenvalue weighted by atomic mass is 35.5. The molecule has 1 aromatic carbocycles. The maximum Gasteiger partial charge on any atom is 0.254 e. The zero-order chi connectivity index (χ0) is 16.2. The van der Waals surface area contributed by atoms with Crippen LogP contribution in [-0.2, 0) is 4.79 Å². The summed E-state index contributed by atoms with van der Waals surface area (Å²) in [5.74, 6) is 0.177. The van der Waals surface area contributed by atoms with Gasteiger partial charge in [0, 0.05) is 49.2 Å². The summed E-state index contributed by atoms with van der Waals surface area (Å²) < 4.78 is 0. The Hall–Kier alpha value is -1.59. The van der Waals surface area contributed by atoms with Gasteiger partial charge in [-0.3, -0.25) is 9.59 Å². The molecule has 2 fully saturated rings. The van der Waals surface area contributed by atoms with Crippen molar-refractivity contribution in [1.29, 1.82) is 0 Å². The predicted octanol–water partition coefficient (Wildman–Crippen LogP) is 1.77. The largest absolute Gasteiger partial charge is 0.339 e. The summed E-state index contributed by atoms with van der Waals surface area (Å²) in [6, 6.07) is 7.33. The summed E-state index contributed by atoms with van der Waals surface area (Å²) >= 11 is 5.94. The van der Waals surface area contributed by atoms with Gasteiger partial charge in [-0.05, 0) is 37.6 Å². The van der Waals surface area contributed by atoms with Gasteiger partial charge in [-0.25, -0.2) is 0 Å². The summed E-state index contributed by atoms with van der Waals surface area (Å²) in [7, 11) is 0. The van der Waals surface area contributed by atoms with Crippen LogP contribution >= 0.6 is 11.6 Å². The van der Waals surface area contributed by atoms with Crippen LogP contribution in [-0.4, -0.2) is 60.4 Å². The Morgan fingerprint density at radius 1 is 1.17 bits per heavy atom. The third-order valence-electron chi connectivity index (χ3n) is 4.57. The Balaban J connectivity index is 1.51. The number of carbonyl (C=O) groups is 2. The van der Waals surface area contributed by atoms with Crippen molar-refractivity contribution in [3.63, 3.8) is 0 Å².